The molecule has 3 rings (SSSR count). The van der Waals surface area contributed by atoms with Gasteiger partial charge in [0.2, 0.25) is 11.8 Å². The molecule has 3 aromatic heterocycles. The molecular formula is C16H15N3O4S. The maximum atomic E-state index is 11.6. The highest BCUT2D eigenvalue weighted by Crippen LogP contribution is 2.24. The number of aromatic nitrogens is 2. The van der Waals surface area contributed by atoms with Gasteiger partial charge < -0.3 is 19.2 Å². The lowest BCUT2D eigenvalue weighted by Crippen LogP contribution is -2.08. The van der Waals surface area contributed by atoms with Crippen LogP contribution in [0.15, 0.2) is 40.3 Å². The van der Waals surface area contributed by atoms with Crippen LogP contribution in [0, 0.1) is 0 Å². The van der Waals surface area contributed by atoms with E-state index in [1.54, 1.807) is 29.7 Å². The van der Waals surface area contributed by atoms with E-state index < -0.39 is 5.97 Å². The molecule has 0 saturated heterocycles. The van der Waals surface area contributed by atoms with E-state index in [1.165, 1.54) is 14.2 Å². The van der Waals surface area contributed by atoms with Gasteiger partial charge in [-0.25, -0.2) is 9.78 Å². The molecule has 1 N–H and O–H groups in total. The van der Waals surface area contributed by atoms with E-state index in [1.807, 2.05) is 17.5 Å². The zero-order valence-corrected chi connectivity index (χ0v) is 13.9. The summed E-state index contributed by atoms with van der Waals surface area (Å²) in [6.45, 7) is 0.433. The zero-order chi connectivity index (χ0) is 16.9. The number of thiophene rings is 1. The van der Waals surface area contributed by atoms with Gasteiger partial charge in [-0.15, -0.1) is 11.3 Å². The fourth-order valence-corrected chi connectivity index (χ4v) is 2.70. The van der Waals surface area contributed by atoms with Crippen molar-refractivity contribution < 1.29 is 18.7 Å². The van der Waals surface area contributed by atoms with E-state index in [-0.39, 0.29) is 11.4 Å². The van der Waals surface area contributed by atoms with Crippen LogP contribution >= 0.6 is 11.3 Å². The third-order valence-corrected chi connectivity index (χ3v) is 4.05. The topological polar surface area (TPSA) is 86.5 Å². The first-order chi connectivity index (χ1) is 11.7. The monoisotopic (exact) mass is 345 g/mol. The molecule has 24 heavy (non-hydrogen) atoms. The maximum Gasteiger partial charge on any atom is 0.343 e. The number of oxazole rings is 1. The van der Waals surface area contributed by atoms with Gasteiger partial charge >= 0.3 is 5.97 Å². The lowest BCUT2D eigenvalue weighted by molar-refractivity contribution is 0.0596. The molecule has 0 spiro atoms. The molecule has 3 heterocycles. The van der Waals surface area contributed by atoms with Gasteiger partial charge in [0.15, 0.2) is 0 Å². The summed E-state index contributed by atoms with van der Waals surface area (Å²) >= 11 is 1.57. The van der Waals surface area contributed by atoms with Crippen LogP contribution in [-0.2, 0) is 11.3 Å². The van der Waals surface area contributed by atoms with E-state index >= 15 is 0 Å². The van der Waals surface area contributed by atoms with E-state index in [4.69, 9.17) is 9.15 Å². The summed E-state index contributed by atoms with van der Waals surface area (Å²) in [5.41, 5.74) is 1.02. The lowest BCUT2D eigenvalue weighted by Gasteiger charge is -2.09. The van der Waals surface area contributed by atoms with E-state index in [2.05, 4.69) is 20.0 Å². The summed E-state index contributed by atoms with van der Waals surface area (Å²) in [6.07, 6.45) is 1.60. The van der Waals surface area contributed by atoms with E-state index in [9.17, 15) is 4.79 Å². The molecule has 0 unspecified atom stereocenters. The van der Waals surface area contributed by atoms with Crippen LogP contribution in [0.25, 0.3) is 10.8 Å². The van der Waals surface area contributed by atoms with Gasteiger partial charge in [0.1, 0.15) is 17.6 Å². The molecule has 0 radical (unpaired) electrons. The van der Waals surface area contributed by atoms with Gasteiger partial charge in [0, 0.05) is 0 Å². The van der Waals surface area contributed by atoms with Crippen LogP contribution in [0.2, 0.25) is 0 Å². The number of rotatable bonds is 6. The number of carbonyl (C=O) groups is 1. The van der Waals surface area contributed by atoms with Gasteiger partial charge in [-0.1, -0.05) is 6.07 Å². The smallest absolute Gasteiger partial charge is 0.343 e. The van der Waals surface area contributed by atoms with Gasteiger partial charge in [-0.3, -0.25) is 0 Å². The third-order valence-electron chi connectivity index (χ3n) is 3.19. The molecule has 0 atom stereocenters. The minimum absolute atomic E-state index is 0.200. The fourth-order valence-electron chi connectivity index (χ4n) is 2.04. The predicted molar refractivity (Wildman–Crippen MR) is 89.3 cm³/mol. The van der Waals surface area contributed by atoms with Gasteiger partial charge in [0.05, 0.1) is 31.3 Å². The van der Waals surface area contributed by atoms with Crippen LogP contribution < -0.4 is 10.1 Å². The quantitative estimate of drug-likeness (QED) is 0.686. The first kappa shape index (κ1) is 16.0. The van der Waals surface area contributed by atoms with E-state index in [0.29, 0.717) is 18.3 Å². The van der Waals surface area contributed by atoms with Crippen molar-refractivity contribution in [2.24, 2.45) is 0 Å². The van der Waals surface area contributed by atoms with Crippen molar-refractivity contribution in [3.8, 4) is 16.6 Å². The molecule has 3 aromatic rings. The van der Waals surface area contributed by atoms with Crippen molar-refractivity contribution in [2.45, 2.75) is 6.54 Å². The maximum absolute atomic E-state index is 11.6. The first-order valence-electron chi connectivity index (χ1n) is 7.06. The molecule has 0 aromatic carbocycles. The van der Waals surface area contributed by atoms with E-state index in [0.717, 1.165) is 10.6 Å². The number of nitrogens with zero attached hydrogens (tertiary/aromatic N) is 2. The highest BCUT2D eigenvalue weighted by atomic mass is 32.1. The summed E-state index contributed by atoms with van der Waals surface area (Å²) in [6, 6.07) is 7.17. The number of anilines is 1. The summed E-state index contributed by atoms with van der Waals surface area (Å²) in [5.74, 6) is 0.850. The van der Waals surface area contributed by atoms with Crippen LogP contribution in [0.4, 0.5) is 5.82 Å². The molecular weight excluding hydrogens is 330 g/mol. The van der Waals surface area contributed by atoms with Gasteiger partial charge in [0.25, 0.3) is 0 Å². The molecule has 0 fully saturated rings. The molecule has 0 saturated carbocycles. The molecule has 0 aliphatic heterocycles. The molecule has 8 heteroatoms. The molecule has 0 amide bonds. The zero-order valence-electron chi connectivity index (χ0n) is 13.1. The average Bonchev–Trinajstić information content (AvgIpc) is 3.30. The summed E-state index contributed by atoms with van der Waals surface area (Å²) in [4.78, 5) is 21.2. The predicted octanol–water partition coefficient (Wildman–Crippen LogP) is 3.21. The Labute approximate surface area is 142 Å². The van der Waals surface area contributed by atoms with Crippen molar-refractivity contribution in [1.29, 1.82) is 0 Å². The SMILES string of the molecule is COC(=O)c1ccc(NCc2coc(-c3cccs3)n2)nc1OC. The minimum atomic E-state index is -0.497. The Kier molecular flexibility index (Phi) is 4.76. The number of methoxy groups -OCH3 is 2. The van der Waals surface area contributed by atoms with Crippen LogP contribution in [-0.4, -0.2) is 30.2 Å². The summed E-state index contributed by atoms with van der Waals surface area (Å²) in [5, 5.41) is 5.08. The Bertz CT molecular complexity index is 830. The van der Waals surface area contributed by atoms with Gasteiger partial charge in [-0.05, 0) is 23.6 Å². The number of hydrogen-bond acceptors (Lipinski definition) is 8. The van der Waals surface area contributed by atoms with Crippen molar-refractivity contribution >= 4 is 23.1 Å². The Balaban J connectivity index is 1.69. The molecule has 0 bridgehead atoms. The van der Waals surface area contributed by atoms with Crippen molar-refractivity contribution in [1.82, 2.24) is 9.97 Å². The molecule has 124 valence electrons. The van der Waals surface area contributed by atoms with Crippen LogP contribution in [0.5, 0.6) is 5.88 Å². The number of esters is 1. The van der Waals surface area contributed by atoms with Crippen LogP contribution in [0.1, 0.15) is 16.1 Å². The summed E-state index contributed by atoms with van der Waals surface area (Å²) in [7, 11) is 2.76. The summed E-state index contributed by atoms with van der Waals surface area (Å²) < 4.78 is 15.3. The molecule has 0 aliphatic carbocycles. The fraction of sp³-hybridized carbons (Fsp3) is 0.188. The number of nitrogens with one attached hydrogen (secondary N) is 1. The second kappa shape index (κ2) is 7.14. The normalized spacial score (nSPS) is 10.4. The minimum Gasteiger partial charge on any atom is -0.480 e. The number of hydrogen-bond donors (Lipinski definition) is 1. The van der Waals surface area contributed by atoms with Crippen LogP contribution in [0.3, 0.4) is 0 Å². The molecule has 0 aliphatic rings. The second-order valence-corrected chi connectivity index (χ2v) is 5.67. The van der Waals surface area contributed by atoms with Crippen molar-refractivity contribution in [3.63, 3.8) is 0 Å². The largest absolute Gasteiger partial charge is 0.480 e. The second-order valence-electron chi connectivity index (χ2n) is 4.72. The number of ether oxygens (including phenoxy) is 2. The molecule has 7 nitrogen and oxygen atoms in total. The Morgan fingerprint density at radius 3 is 2.88 bits per heavy atom. The van der Waals surface area contributed by atoms with Crippen molar-refractivity contribution in [2.75, 3.05) is 19.5 Å². The Hall–Kier alpha value is -2.87. The first-order valence-corrected chi connectivity index (χ1v) is 7.94. The number of carbonyl (C=O) groups excluding carboxylic acids is 1. The third kappa shape index (κ3) is 3.38. The van der Waals surface area contributed by atoms with Gasteiger partial charge in [-0.2, -0.15) is 4.98 Å². The Morgan fingerprint density at radius 1 is 1.29 bits per heavy atom. The highest BCUT2D eigenvalue weighted by Gasteiger charge is 2.15. The lowest BCUT2D eigenvalue weighted by atomic mass is 10.2. The average molecular weight is 345 g/mol. The standard InChI is InChI=1S/C16H15N3O4S/c1-21-14-11(16(20)22-2)5-6-13(19-14)17-8-10-9-23-15(18-10)12-4-3-7-24-12/h3-7,9H,8H2,1-2H3,(H,17,19). The highest BCUT2D eigenvalue weighted by molar-refractivity contribution is 7.13. The number of pyridine rings is 1. The Morgan fingerprint density at radius 2 is 2.17 bits per heavy atom. The van der Waals surface area contributed by atoms with Crippen molar-refractivity contribution in [3.05, 3.63) is 47.2 Å².